The van der Waals surface area contributed by atoms with Crippen LogP contribution < -0.4 is 11.1 Å². The van der Waals surface area contributed by atoms with Gasteiger partial charge in [-0.1, -0.05) is 6.07 Å². The van der Waals surface area contributed by atoms with Crippen LogP contribution in [0.25, 0.3) is 11.2 Å². The summed E-state index contributed by atoms with van der Waals surface area (Å²) in [4.78, 5) is 28.3. The number of aliphatic hydroxyl groups is 2. The quantitative estimate of drug-likeness (QED) is 0.429. The largest absolute Gasteiger partial charge is 0.388 e. The van der Waals surface area contributed by atoms with Crippen LogP contribution in [0, 0.1) is 0 Å². The fourth-order valence-corrected chi connectivity index (χ4v) is 3.18. The van der Waals surface area contributed by atoms with E-state index in [4.69, 9.17) is 10.5 Å². The van der Waals surface area contributed by atoms with Crippen molar-refractivity contribution in [3.8, 4) is 0 Å². The van der Waals surface area contributed by atoms with Gasteiger partial charge in [0.1, 0.15) is 35.8 Å². The first-order valence-corrected chi connectivity index (χ1v) is 8.65. The van der Waals surface area contributed by atoms with Crippen LogP contribution in [0.5, 0.6) is 0 Å². The number of nitrogens with two attached hydrogens (primary N) is 1. The predicted octanol–water partition coefficient (Wildman–Crippen LogP) is -1.28. The average Bonchev–Trinajstić information content (AvgIpc) is 3.12. The molecule has 11 nitrogen and oxygen atoms in total. The number of nitrogens with one attached hydrogen (secondary N) is 1. The number of fused-ring (bicyclic) bond motifs is 1. The second kappa shape index (κ2) is 7.46. The van der Waals surface area contributed by atoms with Crippen molar-refractivity contribution in [2.45, 2.75) is 30.9 Å². The fraction of sp³-hybridized carbons (Fsp3) is 0.353. The molecule has 4 atom stereocenters. The van der Waals surface area contributed by atoms with Crippen molar-refractivity contribution in [1.82, 2.24) is 29.8 Å². The first-order valence-electron chi connectivity index (χ1n) is 8.65. The molecule has 1 saturated heterocycles. The third-order valence-corrected chi connectivity index (χ3v) is 4.66. The van der Waals surface area contributed by atoms with Gasteiger partial charge in [-0.3, -0.25) is 9.78 Å². The monoisotopic (exact) mass is 385 g/mol. The van der Waals surface area contributed by atoms with Crippen LogP contribution in [0.4, 0.5) is 5.82 Å². The molecule has 28 heavy (non-hydrogen) atoms. The van der Waals surface area contributed by atoms with Gasteiger partial charge in [0, 0.05) is 6.20 Å². The third-order valence-electron chi connectivity index (χ3n) is 4.66. The fourth-order valence-electron chi connectivity index (χ4n) is 3.18. The lowest BCUT2D eigenvalue weighted by Gasteiger charge is -2.38. The summed E-state index contributed by atoms with van der Waals surface area (Å²) >= 11 is 0. The highest BCUT2D eigenvalue weighted by molar-refractivity contribution is 5.92. The van der Waals surface area contributed by atoms with Crippen LogP contribution in [0.1, 0.15) is 10.5 Å². The molecule has 1 amide bonds. The maximum atomic E-state index is 12.2. The first kappa shape index (κ1) is 18.2. The van der Waals surface area contributed by atoms with Crippen molar-refractivity contribution in [1.29, 1.82) is 0 Å². The highest BCUT2D eigenvalue weighted by Crippen LogP contribution is 2.21. The van der Waals surface area contributed by atoms with Crippen LogP contribution >= 0.6 is 0 Å². The van der Waals surface area contributed by atoms with Gasteiger partial charge in [-0.25, -0.2) is 15.0 Å². The minimum atomic E-state index is -1.23. The van der Waals surface area contributed by atoms with E-state index in [1.54, 1.807) is 22.8 Å². The van der Waals surface area contributed by atoms with Crippen molar-refractivity contribution >= 4 is 22.9 Å². The van der Waals surface area contributed by atoms with Crippen LogP contribution in [0.2, 0.25) is 0 Å². The lowest BCUT2D eigenvalue weighted by atomic mass is 9.97. The van der Waals surface area contributed by atoms with Gasteiger partial charge >= 0.3 is 0 Å². The number of imidazole rings is 1. The predicted molar refractivity (Wildman–Crippen MR) is 97.0 cm³/mol. The molecule has 5 N–H and O–H groups in total. The molecule has 0 aliphatic carbocycles. The Labute approximate surface area is 159 Å². The number of hydrogen-bond acceptors (Lipinski definition) is 9. The number of pyridine rings is 1. The van der Waals surface area contributed by atoms with Crippen molar-refractivity contribution in [2.24, 2.45) is 0 Å². The Morgan fingerprint density at radius 1 is 1.25 bits per heavy atom. The maximum absolute atomic E-state index is 12.2. The summed E-state index contributed by atoms with van der Waals surface area (Å²) in [6, 6.07) is 4.17. The number of nitrogen functional groups attached to an aromatic ring is 1. The topological polar surface area (TPSA) is 161 Å². The molecule has 0 bridgehead atoms. The summed E-state index contributed by atoms with van der Waals surface area (Å²) in [5.74, 6) is -0.196. The molecular weight excluding hydrogens is 366 g/mol. The molecular formula is C17H19N7O4. The highest BCUT2D eigenvalue weighted by atomic mass is 16.5. The molecule has 0 spiro atoms. The number of carbonyl (C=O) groups is 1. The van der Waals surface area contributed by atoms with E-state index >= 15 is 0 Å². The molecule has 0 saturated carbocycles. The average molecular weight is 385 g/mol. The van der Waals surface area contributed by atoms with E-state index in [9.17, 15) is 15.0 Å². The number of hydrogen-bond donors (Lipinski definition) is 4. The van der Waals surface area contributed by atoms with Gasteiger partial charge in [0.15, 0.2) is 11.5 Å². The van der Waals surface area contributed by atoms with Crippen LogP contribution in [-0.2, 0) is 11.3 Å². The number of anilines is 1. The Balaban J connectivity index is 1.44. The van der Waals surface area contributed by atoms with Gasteiger partial charge in [0.05, 0.1) is 25.5 Å². The molecule has 1 aliphatic heterocycles. The van der Waals surface area contributed by atoms with E-state index in [1.165, 1.54) is 18.9 Å². The van der Waals surface area contributed by atoms with Crippen molar-refractivity contribution in [3.63, 3.8) is 0 Å². The van der Waals surface area contributed by atoms with Gasteiger partial charge in [0.2, 0.25) is 0 Å². The number of amides is 1. The summed E-state index contributed by atoms with van der Waals surface area (Å²) in [6.07, 6.45) is 1.17. The van der Waals surface area contributed by atoms with E-state index in [2.05, 4.69) is 25.3 Å². The minimum Gasteiger partial charge on any atom is -0.388 e. The highest BCUT2D eigenvalue weighted by Gasteiger charge is 2.39. The van der Waals surface area contributed by atoms with Crippen LogP contribution in [0.3, 0.4) is 0 Å². The van der Waals surface area contributed by atoms with Gasteiger partial charge in [-0.05, 0) is 12.1 Å². The maximum Gasteiger partial charge on any atom is 0.270 e. The normalized spacial score (nSPS) is 24.9. The van der Waals surface area contributed by atoms with Gasteiger partial charge in [-0.2, -0.15) is 0 Å². The number of carbonyl (C=O) groups excluding carboxylic acids is 1. The molecule has 0 radical (unpaired) electrons. The van der Waals surface area contributed by atoms with E-state index in [0.717, 1.165) is 0 Å². The summed E-state index contributed by atoms with van der Waals surface area (Å²) in [5.41, 5.74) is 7.05. The zero-order valence-corrected chi connectivity index (χ0v) is 14.7. The van der Waals surface area contributed by atoms with Crippen molar-refractivity contribution in [3.05, 3.63) is 42.7 Å². The molecule has 1 fully saturated rings. The minimum absolute atomic E-state index is 0.0279. The number of ether oxygens (including phenoxy) is 1. The summed E-state index contributed by atoms with van der Waals surface area (Å²) in [6.45, 7) is 0.216. The Morgan fingerprint density at radius 3 is 2.89 bits per heavy atom. The van der Waals surface area contributed by atoms with Crippen LogP contribution in [-0.4, -0.2) is 71.6 Å². The molecule has 4 heterocycles. The van der Waals surface area contributed by atoms with Gasteiger partial charge < -0.3 is 30.6 Å². The lowest BCUT2D eigenvalue weighted by molar-refractivity contribution is -0.152. The Morgan fingerprint density at radius 2 is 2.11 bits per heavy atom. The zero-order valence-electron chi connectivity index (χ0n) is 14.7. The molecule has 11 heteroatoms. The molecule has 3 aromatic rings. The Kier molecular flexibility index (Phi) is 4.86. The van der Waals surface area contributed by atoms with Gasteiger partial charge in [0.25, 0.3) is 5.91 Å². The smallest absolute Gasteiger partial charge is 0.270 e. The van der Waals surface area contributed by atoms with E-state index in [1.807, 2.05) is 0 Å². The first-order chi connectivity index (χ1) is 13.5. The summed E-state index contributed by atoms with van der Waals surface area (Å²) in [5, 5.41) is 23.6. The third kappa shape index (κ3) is 3.38. The van der Waals surface area contributed by atoms with E-state index in [0.29, 0.717) is 11.2 Å². The number of nitrogens with zero attached hydrogens (tertiary/aromatic N) is 5. The zero-order chi connectivity index (χ0) is 19.7. The number of aromatic nitrogens is 5. The molecule has 146 valence electrons. The molecule has 0 aromatic carbocycles. The second-order valence-electron chi connectivity index (χ2n) is 6.48. The standard InChI is InChI=1S/C17H19N7O4/c18-15-12-16(21-7-20-15)22-8-24(12)5-11-14(26)13(25)10(6-28-11)23-17(27)9-3-1-2-4-19-9/h1-4,7-8,10-11,13-14,25-26H,5-6H2,(H,23,27)(H2,18,20,21)/t10-,11-,13+,14-/m1/s1. The SMILES string of the molecule is Nc1ncnc2ncn(C[C@H]3OC[C@@H](NC(=O)c4ccccn4)[C@H](O)[C@@H]3O)c12. The van der Waals surface area contributed by atoms with Crippen LogP contribution in [0.15, 0.2) is 37.1 Å². The molecule has 3 aromatic heterocycles. The number of aliphatic hydroxyl groups excluding tert-OH is 2. The van der Waals surface area contributed by atoms with Crippen molar-refractivity contribution in [2.75, 3.05) is 12.3 Å². The second-order valence-corrected chi connectivity index (χ2v) is 6.48. The number of rotatable bonds is 4. The van der Waals surface area contributed by atoms with Gasteiger partial charge in [-0.15, -0.1) is 0 Å². The summed E-state index contributed by atoms with van der Waals surface area (Å²) in [7, 11) is 0. The van der Waals surface area contributed by atoms with Crippen molar-refractivity contribution < 1.29 is 19.7 Å². The lowest BCUT2D eigenvalue weighted by Crippen LogP contribution is -2.60. The molecule has 4 rings (SSSR count). The molecule has 0 unspecified atom stereocenters. The van der Waals surface area contributed by atoms with E-state index < -0.39 is 30.3 Å². The summed E-state index contributed by atoms with van der Waals surface area (Å²) < 4.78 is 7.36. The Bertz CT molecular complexity index is 980. The Hall–Kier alpha value is -3.15. The molecule has 1 aliphatic rings. The van der Waals surface area contributed by atoms with E-state index in [-0.39, 0.29) is 24.7 Å².